The average molecular weight is 2390 g/mol. The molecule has 5 radical (unpaired) electrons. The van der Waals surface area contributed by atoms with Crippen molar-refractivity contribution in [2.75, 3.05) is 16.8 Å². The molecule has 585 valence electrons. The summed E-state index contributed by atoms with van der Waals surface area (Å²) in [6.45, 7) is 18.4. The molecule has 17 aromatic rings. The fraction of sp³-hybridized carbons (Fsp3) is 0.0900. The Hall–Kier alpha value is -10.5. The van der Waals surface area contributed by atoms with E-state index in [1.165, 1.54) is 83.7 Å². The van der Waals surface area contributed by atoms with E-state index < -0.39 is 0 Å². The molecule has 115 heavy (non-hydrogen) atoms. The van der Waals surface area contributed by atoms with Gasteiger partial charge in [0.05, 0.1) is 22.8 Å². The quantitative estimate of drug-likeness (QED) is 0.113. The average Bonchev–Trinajstić information content (AvgIpc) is 1.66. The number of para-hydroxylation sites is 3. The Bertz CT molecular complexity index is 5850. The first kappa shape index (κ1) is 88.5. The maximum Gasteiger partial charge on any atom is 0.0600 e. The van der Waals surface area contributed by atoms with Gasteiger partial charge in [0.2, 0.25) is 0 Å². The van der Waals surface area contributed by atoms with E-state index in [4.69, 9.17) is 0 Å². The van der Waals surface area contributed by atoms with E-state index in [1.54, 1.807) is 0 Å². The molecule has 0 atom stereocenters. The minimum absolute atomic E-state index is 0. The second-order valence-electron chi connectivity index (χ2n) is 27.2. The monoisotopic (exact) mass is 2390 g/mol. The van der Waals surface area contributed by atoms with Gasteiger partial charge in [-0.05, 0) is 155 Å². The third-order valence-corrected chi connectivity index (χ3v) is 19.0. The molecule has 0 aliphatic carbocycles. The van der Waals surface area contributed by atoms with Gasteiger partial charge in [-0.3, -0.25) is 18.7 Å². The van der Waals surface area contributed by atoms with Crippen LogP contribution >= 0.6 is 0 Å². The first-order chi connectivity index (χ1) is 53.7. The van der Waals surface area contributed by atoms with Gasteiger partial charge in [0.15, 0.2) is 0 Å². The third kappa shape index (κ3) is 22.2. The van der Waals surface area contributed by atoms with E-state index in [1.807, 2.05) is 131 Å². The van der Waals surface area contributed by atoms with Crippen LogP contribution in [0.1, 0.15) is 45.6 Å². The van der Waals surface area contributed by atoms with E-state index >= 15 is 0 Å². The smallest absolute Gasteiger partial charge is 0.0600 e. The van der Waals surface area contributed by atoms with Crippen LogP contribution in [0.3, 0.4) is 0 Å². The summed E-state index contributed by atoms with van der Waals surface area (Å²) in [5, 5.41) is 18.1. The standard InChI is InChI=1S/C26H20N2.C23H19N2.3C17H15N2.5Ir/c1-27-19-28(26-10-6-5-9-25(26)27)24-17-15-23(16-18-24)22-13-11-21(12-14-22)20-7-3-2-4-8-20;1-17-15-18(2)25(24-17)23-10-6-9-22(16-23)21-13-11-20(12-14-21)19-7-4-3-5-8-19;1-13-12-14(2)19(18-13)17-11-7-6-10-16(17)15-8-4-3-5-9-15;1-13-11-14(2)19(18-13)17-10-6-9-16(12-17)15-7-4-3-5-8-15;1-13-12-14(2)19(18-13)17-10-8-16(9-11-17)15-6-4-3-5-7-15;;;;;/h2-17,19H,1H3;3-9,11-16H,1-2H3;3-10,12H,1-2H3;3-9,11-12H,1-2H3;3-10,12H,1-2H3;;;;;/q-2;4*-1;;;;;. The first-order valence-electron chi connectivity index (χ1n) is 36.9. The minimum atomic E-state index is 0. The number of hydrogen-bond acceptors (Lipinski definition) is 6. The van der Waals surface area contributed by atoms with Gasteiger partial charge in [0.25, 0.3) is 0 Å². The van der Waals surface area contributed by atoms with Crippen molar-refractivity contribution in [2.24, 2.45) is 0 Å². The number of aromatic nitrogens is 8. The van der Waals surface area contributed by atoms with E-state index in [0.29, 0.717) is 0 Å². The molecule has 0 N–H and O–H groups in total. The largest absolute Gasteiger partial charge is 0.504 e. The molecule has 0 fully saturated rings. The van der Waals surface area contributed by atoms with Crippen LogP contribution in [0.2, 0.25) is 0 Å². The molecule has 0 spiro atoms. The predicted octanol–water partition coefficient (Wildman–Crippen LogP) is 24.0. The zero-order valence-corrected chi connectivity index (χ0v) is 77.0. The second-order valence-corrected chi connectivity index (χ2v) is 27.2. The molecule has 1 aliphatic rings. The van der Waals surface area contributed by atoms with E-state index in [0.717, 1.165) is 79.6 Å². The summed E-state index contributed by atoms with van der Waals surface area (Å²) in [4.78, 5) is 4.32. The van der Waals surface area contributed by atoms with E-state index in [-0.39, 0.29) is 101 Å². The van der Waals surface area contributed by atoms with Crippen molar-refractivity contribution in [3.05, 3.63) is 422 Å². The number of benzene rings is 13. The zero-order chi connectivity index (χ0) is 75.9. The van der Waals surface area contributed by atoms with Gasteiger partial charge in [-0.2, -0.15) is 124 Å². The summed E-state index contributed by atoms with van der Waals surface area (Å²) >= 11 is 0. The Kier molecular flexibility index (Phi) is 32.5. The van der Waals surface area contributed by atoms with Gasteiger partial charge in [-0.25, -0.2) is 0 Å². The molecular weight excluding hydrogens is 2300 g/mol. The van der Waals surface area contributed by atoms with Crippen molar-refractivity contribution in [1.82, 2.24) is 39.1 Å². The minimum Gasteiger partial charge on any atom is -0.504 e. The fourth-order valence-electron chi connectivity index (χ4n) is 13.6. The molecular formula is C100H84Ir5N10-6. The molecule has 13 aromatic carbocycles. The summed E-state index contributed by atoms with van der Waals surface area (Å²) in [6, 6.07) is 134. The molecule has 1 aliphatic heterocycles. The second kappa shape index (κ2) is 42.2. The van der Waals surface area contributed by atoms with Gasteiger partial charge in [-0.1, -0.05) is 229 Å². The van der Waals surface area contributed by atoms with Crippen LogP contribution in [0.25, 0.3) is 101 Å². The number of fused-ring (bicyclic) bond motifs is 1. The van der Waals surface area contributed by atoms with Gasteiger partial charge >= 0.3 is 0 Å². The van der Waals surface area contributed by atoms with E-state index in [2.05, 4.69) is 357 Å². The van der Waals surface area contributed by atoms with Gasteiger partial charge in [-0.15, -0.1) is 57.8 Å². The Morgan fingerprint density at radius 1 is 0.243 bits per heavy atom. The van der Waals surface area contributed by atoms with Crippen molar-refractivity contribution in [1.29, 1.82) is 0 Å². The SMILES string of the molecule is CN1[CH-]N(c2[c-]cc(-c3ccc(-c4ccccc4)cc3)cc2)c2ccccc21.Cc1cc(C)n(-c2[c-]cc(-c3ccccc3)cc2)n1.Cc1cc(C)n(-c2[c-]ccc(-c3ccc(-c4ccccc4)cc3)c2)n1.Cc1cc(C)n(-c2[c-]ccc(-c3ccccc3)c2)n1.Cc1cc(C)n(-c2[c-]cccc2-c2ccccc2)n1.[Ir].[Ir].[Ir].[Ir].[Ir]. The Labute approximate surface area is 744 Å². The number of anilines is 3. The van der Waals surface area contributed by atoms with Crippen LogP contribution in [0, 0.1) is 92.4 Å². The molecule has 0 saturated carbocycles. The van der Waals surface area contributed by atoms with E-state index in [9.17, 15) is 0 Å². The number of nitrogens with zero attached hydrogens (tertiary/aromatic N) is 10. The maximum atomic E-state index is 4.55. The molecule has 15 heteroatoms. The Morgan fingerprint density at radius 2 is 0.557 bits per heavy atom. The van der Waals surface area contributed by atoms with Crippen molar-refractivity contribution in [3.8, 4) is 101 Å². The fourth-order valence-corrected chi connectivity index (χ4v) is 13.6. The normalized spacial score (nSPS) is 10.8. The molecule has 0 amide bonds. The number of hydrogen-bond donors (Lipinski definition) is 0. The number of rotatable bonds is 12. The topological polar surface area (TPSA) is 77.8 Å². The van der Waals surface area contributed by atoms with Crippen LogP contribution in [0.4, 0.5) is 17.1 Å². The van der Waals surface area contributed by atoms with Gasteiger partial charge in [0.1, 0.15) is 0 Å². The first-order valence-corrected chi connectivity index (χ1v) is 36.9. The third-order valence-electron chi connectivity index (χ3n) is 19.0. The molecule has 0 unspecified atom stereocenters. The van der Waals surface area contributed by atoms with Crippen LogP contribution < -0.4 is 9.80 Å². The predicted molar refractivity (Wildman–Crippen MR) is 452 cm³/mol. The summed E-state index contributed by atoms with van der Waals surface area (Å²) in [7, 11) is 2.07. The van der Waals surface area contributed by atoms with Crippen molar-refractivity contribution < 1.29 is 101 Å². The zero-order valence-electron chi connectivity index (χ0n) is 65.0. The molecule has 10 nitrogen and oxygen atoms in total. The van der Waals surface area contributed by atoms with Crippen molar-refractivity contribution in [2.45, 2.75) is 55.4 Å². The number of aryl methyl sites for hydroxylation is 8. The van der Waals surface area contributed by atoms with Crippen molar-refractivity contribution in [3.63, 3.8) is 0 Å². The molecule has 0 saturated heterocycles. The molecule has 18 rings (SSSR count). The van der Waals surface area contributed by atoms with Crippen molar-refractivity contribution >= 4 is 17.1 Å². The van der Waals surface area contributed by atoms with Crippen LogP contribution in [-0.2, 0) is 101 Å². The summed E-state index contributed by atoms with van der Waals surface area (Å²) in [5.74, 6) is 0. The molecule has 5 heterocycles. The summed E-state index contributed by atoms with van der Waals surface area (Å²) in [6.07, 6.45) is 0. The van der Waals surface area contributed by atoms with Crippen LogP contribution in [-0.4, -0.2) is 46.2 Å². The molecule has 0 bridgehead atoms. The summed E-state index contributed by atoms with van der Waals surface area (Å²) in [5.41, 5.74) is 32.7. The Morgan fingerprint density at radius 3 is 0.939 bits per heavy atom. The maximum absolute atomic E-state index is 4.55. The van der Waals surface area contributed by atoms with Gasteiger partial charge < -0.3 is 9.80 Å². The Balaban J connectivity index is 0.000000164. The van der Waals surface area contributed by atoms with Crippen LogP contribution in [0.15, 0.2) is 340 Å². The van der Waals surface area contributed by atoms with Gasteiger partial charge in [0, 0.05) is 135 Å². The molecule has 4 aromatic heterocycles. The van der Waals surface area contributed by atoms with Crippen LogP contribution in [0.5, 0.6) is 0 Å². The summed E-state index contributed by atoms with van der Waals surface area (Å²) < 4.78 is 7.75.